The molecule has 0 radical (unpaired) electrons. The topological polar surface area (TPSA) is 124 Å². The van der Waals surface area contributed by atoms with Crippen molar-refractivity contribution in [3.8, 4) is 11.7 Å². The highest BCUT2D eigenvalue weighted by atomic mass is 32.2. The van der Waals surface area contributed by atoms with Crippen molar-refractivity contribution >= 4 is 21.7 Å². The number of nitrogens with one attached hydrogen (secondary N) is 1. The Morgan fingerprint density at radius 1 is 1.18 bits per heavy atom. The van der Waals surface area contributed by atoms with Gasteiger partial charge in [-0.1, -0.05) is 20.3 Å². The summed E-state index contributed by atoms with van der Waals surface area (Å²) >= 11 is 0. The van der Waals surface area contributed by atoms with Gasteiger partial charge in [0.2, 0.25) is 5.88 Å². The summed E-state index contributed by atoms with van der Waals surface area (Å²) in [5.74, 6) is 1.13. The number of amides is 1. The van der Waals surface area contributed by atoms with Crippen LogP contribution in [0.25, 0.3) is 5.82 Å². The van der Waals surface area contributed by atoms with Gasteiger partial charge in [0.05, 0.1) is 17.9 Å². The first-order chi connectivity index (χ1) is 18.3. The summed E-state index contributed by atoms with van der Waals surface area (Å²) in [6.07, 6.45) is 7.39. The molecule has 1 aliphatic heterocycles. The molecular formula is C27H37N7O4S. The molecule has 1 saturated heterocycles. The van der Waals surface area contributed by atoms with Crippen molar-refractivity contribution in [2.45, 2.75) is 70.7 Å². The van der Waals surface area contributed by atoms with Gasteiger partial charge < -0.3 is 9.64 Å². The Labute approximate surface area is 229 Å². The van der Waals surface area contributed by atoms with Crippen LogP contribution in [0.5, 0.6) is 5.88 Å². The lowest BCUT2D eigenvalue weighted by molar-refractivity contribution is 0.0981. The molecule has 0 aromatic carbocycles. The third kappa shape index (κ3) is 5.52. The smallest absolute Gasteiger partial charge is 0.268 e. The summed E-state index contributed by atoms with van der Waals surface area (Å²) in [6.45, 7) is 11.5. The van der Waals surface area contributed by atoms with Gasteiger partial charge in [-0.3, -0.25) is 9.48 Å². The summed E-state index contributed by atoms with van der Waals surface area (Å²) in [4.78, 5) is 20.4. The van der Waals surface area contributed by atoms with Crippen LogP contribution in [-0.2, 0) is 17.1 Å². The van der Waals surface area contributed by atoms with Crippen LogP contribution in [-0.4, -0.2) is 57.6 Å². The van der Waals surface area contributed by atoms with Crippen LogP contribution in [0.1, 0.15) is 69.4 Å². The lowest BCUT2D eigenvalue weighted by atomic mass is 9.95. The van der Waals surface area contributed by atoms with Gasteiger partial charge in [0.1, 0.15) is 10.7 Å². The number of carbonyl (C=O) groups is 1. The minimum absolute atomic E-state index is 0.0406. The van der Waals surface area contributed by atoms with E-state index < -0.39 is 15.9 Å². The Morgan fingerprint density at radius 2 is 1.92 bits per heavy atom. The number of aryl methyl sites for hydroxylation is 2. The minimum atomic E-state index is -4.14. The van der Waals surface area contributed by atoms with E-state index in [2.05, 4.69) is 47.5 Å². The molecule has 3 aromatic rings. The van der Waals surface area contributed by atoms with Crippen molar-refractivity contribution in [1.29, 1.82) is 0 Å². The molecule has 210 valence electrons. The van der Waals surface area contributed by atoms with Gasteiger partial charge in [-0.25, -0.2) is 22.8 Å². The van der Waals surface area contributed by atoms with Crippen molar-refractivity contribution < 1.29 is 17.9 Å². The zero-order valence-electron chi connectivity index (χ0n) is 23.4. The maximum atomic E-state index is 13.5. The van der Waals surface area contributed by atoms with Crippen LogP contribution in [0, 0.1) is 18.3 Å². The molecule has 1 amide bonds. The number of pyridine rings is 1. The van der Waals surface area contributed by atoms with Gasteiger partial charge in [0.25, 0.3) is 15.9 Å². The Hall–Kier alpha value is -3.41. The molecule has 3 aromatic heterocycles. The van der Waals surface area contributed by atoms with E-state index in [-0.39, 0.29) is 21.4 Å². The number of anilines is 1. The van der Waals surface area contributed by atoms with Gasteiger partial charge in [-0.2, -0.15) is 5.10 Å². The van der Waals surface area contributed by atoms with E-state index in [1.54, 1.807) is 43.0 Å². The molecular weight excluding hydrogens is 518 g/mol. The largest absolute Gasteiger partial charge is 0.476 e. The Balaban J connectivity index is 1.49. The molecule has 4 heterocycles. The quantitative estimate of drug-likeness (QED) is 0.425. The van der Waals surface area contributed by atoms with E-state index in [1.807, 2.05) is 0 Å². The van der Waals surface area contributed by atoms with E-state index >= 15 is 0 Å². The highest BCUT2D eigenvalue weighted by molar-refractivity contribution is 7.90. The van der Waals surface area contributed by atoms with Gasteiger partial charge >= 0.3 is 0 Å². The van der Waals surface area contributed by atoms with Crippen molar-refractivity contribution in [3.05, 3.63) is 41.9 Å². The average molecular weight is 556 g/mol. The zero-order valence-corrected chi connectivity index (χ0v) is 24.2. The molecule has 1 saturated carbocycles. The molecule has 39 heavy (non-hydrogen) atoms. The van der Waals surface area contributed by atoms with Crippen LogP contribution in [0.15, 0.2) is 35.5 Å². The number of nitrogens with zero attached hydrogens (tertiary/aromatic N) is 6. The lowest BCUT2D eigenvalue weighted by Crippen LogP contribution is -2.41. The highest BCUT2D eigenvalue weighted by Gasteiger charge is 2.41. The second-order valence-electron chi connectivity index (χ2n) is 11.8. The number of carbonyl (C=O) groups excluding carboxylic acids is 1. The fourth-order valence-electron chi connectivity index (χ4n) is 5.17. The van der Waals surface area contributed by atoms with Crippen LogP contribution in [0.4, 0.5) is 5.82 Å². The molecule has 12 heteroatoms. The second kappa shape index (κ2) is 9.65. The van der Waals surface area contributed by atoms with E-state index in [4.69, 9.17) is 9.72 Å². The van der Waals surface area contributed by atoms with E-state index in [1.165, 1.54) is 10.9 Å². The van der Waals surface area contributed by atoms with Crippen molar-refractivity contribution in [2.24, 2.45) is 18.4 Å². The summed E-state index contributed by atoms with van der Waals surface area (Å²) in [7, 11) is -2.51. The Bertz CT molecular complexity index is 1500. The number of hydrogen-bond acceptors (Lipinski definition) is 8. The molecule has 5 rings (SSSR count). The van der Waals surface area contributed by atoms with Crippen LogP contribution in [0.2, 0.25) is 0 Å². The van der Waals surface area contributed by atoms with Crippen molar-refractivity contribution in [3.63, 3.8) is 0 Å². The molecule has 1 atom stereocenters. The molecule has 1 N–H and O–H groups in total. The SMILES string of the molecule is CCC1CN(c2nc(-n3ccc(OCC4(C)CC4)n3)ccc2C(=O)NS(=O)(=O)c2cn(C)nc2C)C(C)(C)C1. The molecule has 2 aliphatic rings. The summed E-state index contributed by atoms with van der Waals surface area (Å²) in [6, 6.07) is 5.07. The van der Waals surface area contributed by atoms with Gasteiger partial charge in [0, 0.05) is 43.0 Å². The van der Waals surface area contributed by atoms with E-state index in [9.17, 15) is 13.2 Å². The van der Waals surface area contributed by atoms with E-state index in [0.717, 1.165) is 25.7 Å². The fourth-order valence-corrected chi connectivity index (χ4v) is 6.36. The first-order valence-electron chi connectivity index (χ1n) is 13.4. The molecule has 1 unspecified atom stereocenters. The summed E-state index contributed by atoms with van der Waals surface area (Å²) in [5, 5.41) is 8.64. The van der Waals surface area contributed by atoms with Crippen LogP contribution < -0.4 is 14.4 Å². The third-order valence-corrected chi connectivity index (χ3v) is 9.29. The summed E-state index contributed by atoms with van der Waals surface area (Å²) < 4.78 is 37.3. The number of hydrogen-bond donors (Lipinski definition) is 1. The van der Waals surface area contributed by atoms with Crippen LogP contribution in [0.3, 0.4) is 0 Å². The van der Waals surface area contributed by atoms with Gasteiger partial charge in [-0.05, 0) is 58.1 Å². The van der Waals surface area contributed by atoms with Crippen molar-refractivity contribution in [2.75, 3.05) is 18.1 Å². The predicted molar refractivity (Wildman–Crippen MR) is 147 cm³/mol. The number of aromatic nitrogens is 5. The van der Waals surface area contributed by atoms with Crippen molar-refractivity contribution in [1.82, 2.24) is 29.3 Å². The van der Waals surface area contributed by atoms with Crippen LogP contribution >= 0.6 is 0 Å². The van der Waals surface area contributed by atoms with E-state index in [0.29, 0.717) is 42.3 Å². The minimum Gasteiger partial charge on any atom is -0.476 e. The molecule has 0 bridgehead atoms. The molecule has 11 nitrogen and oxygen atoms in total. The normalized spacial score (nSPS) is 19.7. The average Bonchev–Trinajstić information content (AvgIpc) is 3.18. The Morgan fingerprint density at radius 3 is 2.54 bits per heavy atom. The first kappa shape index (κ1) is 27.2. The standard InChI is InChI=1S/C27H37N7O4S/c1-7-19-14-26(3,4)33(15-19)24-20(25(35)31-39(36,37)21-16-32(6)29-18(21)2)8-9-22(28-24)34-13-10-23(30-34)38-17-27(5)11-12-27/h8-10,13,16,19H,7,11-12,14-15,17H2,1-6H3,(H,31,35). The maximum Gasteiger partial charge on any atom is 0.268 e. The predicted octanol–water partition coefficient (Wildman–Crippen LogP) is 3.62. The third-order valence-electron chi connectivity index (χ3n) is 7.85. The number of rotatable bonds is 9. The lowest BCUT2D eigenvalue weighted by Gasteiger charge is -2.34. The molecule has 2 fully saturated rings. The fraction of sp³-hybridized carbons (Fsp3) is 0.556. The first-order valence-corrected chi connectivity index (χ1v) is 14.8. The van der Waals surface area contributed by atoms with Gasteiger partial charge in [-0.15, -0.1) is 5.10 Å². The molecule has 0 spiro atoms. The molecule has 1 aliphatic carbocycles. The number of sulfonamides is 1. The highest BCUT2D eigenvalue weighted by Crippen LogP contribution is 2.45. The zero-order chi connectivity index (χ0) is 28.2. The van der Waals surface area contributed by atoms with Gasteiger partial charge in [0.15, 0.2) is 5.82 Å². The monoisotopic (exact) mass is 555 g/mol. The maximum absolute atomic E-state index is 13.5. The summed E-state index contributed by atoms with van der Waals surface area (Å²) in [5.41, 5.74) is 0.443. The second-order valence-corrected chi connectivity index (χ2v) is 13.5. The Kier molecular flexibility index (Phi) is 6.72. The number of ether oxygens (including phenoxy) is 1.